The Morgan fingerprint density at radius 1 is 1.21 bits per heavy atom. The van der Waals surface area contributed by atoms with E-state index in [0.717, 1.165) is 64.2 Å². The maximum Gasteiger partial charge on any atom is 0.161 e. The third kappa shape index (κ3) is 8.48. The van der Waals surface area contributed by atoms with Crippen LogP contribution in [0.25, 0.3) is 0 Å². The maximum atomic E-state index is 10.2. The highest BCUT2D eigenvalue weighted by atomic mass is 16.5. The Kier molecular flexibility index (Phi) is 10.7. The van der Waals surface area contributed by atoms with Crippen molar-refractivity contribution in [3.63, 3.8) is 0 Å². The minimum atomic E-state index is -0.538. The standard InChI is InChI=1S/C22H39N3O4/c1-4-24(5-2)16-20(27)17-29-22-14-18(6-7-21(22)28-3)15-23-10-13-25-11-8-19(26)9-12-25/h6-7,14,19-20,23,26-27H,4-5,8-13,15-17H2,1-3H3/t20-/m0/s1. The molecule has 0 aliphatic carbocycles. The van der Waals surface area contributed by atoms with E-state index in [0.29, 0.717) is 18.0 Å². The van der Waals surface area contributed by atoms with Gasteiger partial charge in [-0.25, -0.2) is 0 Å². The second-order valence-corrected chi connectivity index (χ2v) is 7.69. The van der Waals surface area contributed by atoms with Crippen LogP contribution in [0, 0.1) is 0 Å². The van der Waals surface area contributed by atoms with E-state index in [-0.39, 0.29) is 12.7 Å². The van der Waals surface area contributed by atoms with Crippen LogP contribution in [-0.2, 0) is 6.54 Å². The van der Waals surface area contributed by atoms with Crippen LogP contribution in [0.2, 0.25) is 0 Å². The summed E-state index contributed by atoms with van der Waals surface area (Å²) >= 11 is 0. The summed E-state index contributed by atoms with van der Waals surface area (Å²) in [5.41, 5.74) is 1.12. The monoisotopic (exact) mass is 409 g/mol. The lowest BCUT2D eigenvalue weighted by Gasteiger charge is -2.29. The summed E-state index contributed by atoms with van der Waals surface area (Å²) in [7, 11) is 1.63. The fraction of sp³-hybridized carbons (Fsp3) is 0.727. The van der Waals surface area contributed by atoms with E-state index in [9.17, 15) is 10.2 Å². The van der Waals surface area contributed by atoms with E-state index in [1.807, 2.05) is 18.2 Å². The lowest BCUT2D eigenvalue weighted by atomic mass is 10.1. The molecule has 1 saturated heterocycles. The molecule has 1 heterocycles. The molecule has 1 aromatic rings. The normalized spacial score (nSPS) is 16.9. The molecular formula is C22H39N3O4. The first-order valence-corrected chi connectivity index (χ1v) is 10.9. The lowest BCUT2D eigenvalue weighted by Crippen LogP contribution is -2.39. The first-order chi connectivity index (χ1) is 14.0. The minimum Gasteiger partial charge on any atom is -0.493 e. The number of piperidine rings is 1. The van der Waals surface area contributed by atoms with Crippen molar-refractivity contribution in [1.82, 2.24) is 15.1 Å². The zero-order chi connectivity index (χ0) is 21.1. The second kappa shape index (κ2) is 13.0. The third-order valence-corrected chi connectivity index (χ3v) is 5.51. The molecule has 29 heavy (non-hydrogen) atoms. The molecule has 0 saturated carbocycles. The molecule has 1 aliphatic rings. The van der Waals surface area contributed by atoms with Crippen molar-refractivity contribution in [2.45, 2.75) is 45.4 Å². The summed E-state index contributed by atoms with van der Waals surface area (Å²) in [5, 5.41) is 23.3. The van der Waals surface area contributed by atoms with Crippen molar-refractivity contribution in [2.75, 3.05) is 59.5 Å². The van der Waals surface area contributed by atoms with Crippen LogP contribution < -0.4 is 14.8 Å². The van der Waals surface area contributed by atoms with Crippen LogP contribution in [0.1, 0.15) is 32.3 Å². The van der Waals surface area contributed by atoms with Crippen LogP contribution in [-0.4, -0.2) is 91.8 Å². The third-order valence-electron chi connectivity index (χ3n) is 5.51. The number of methoxy groups -OCH3 is 1. The number of aliphatic hydroxyl groups excluding tert-OH is 2. The number of aliphatic hydroxyl groups is 2. The average molecular weight is 410 g/mol. The second-order valence-electron chi connectivity index (χ2n) is 7.69. The number of nitrogens with zero attached hydrogens (tertiary/aromatic N) is 2. The summed E-state index contributed by atoms with van der Waals surface area (Å²) in [6, 6.07) is 5.92. The molecule has 0 radical (unpaired) electrons. The van der Waals surface area contributed by atoms with Gasteiger partial charge in [-0.2, -0.15) is 0 Å². The van der Waals surface area contributed by atoms with Gasteiger partial charge in [0.15, 0.2) is 11.5 Å². The van der Waals surface area contributed by atoms with Gasteiger partial charge in [-0.15, -0.1) is 0 Å². The van der Waals surface area contributed by atoms with Crippen molar-refractivity contribution in [2.24, 2.45) is 0 Å². The topological polar surface area (TPSA) is 77.4 Å². The molecular weight excluding hydrogens is 370 g/mol. The molecule has 0 amide bonds. The largest absolute Gasteiger partial charge is 0.493 e. The molecule has 0 spiro atoms. The van der Waals surface area contributed by atoms with Gasteiger partial charge in [-0.1, -0.05) is 19.9 Å². The molecule has 7 heteroatoms. The van der Waals surface area contributed by atoms with Gasteiger partial charge in [0.25, 0.3) is 0 Å². The van der Waals surface area contributed by atoms with E-state index in [4.69, 9.17) is 9.47 Å². The Hall–Kier alpha value is -1.38. The van der Waals surface area contributed by atoms with Crippen molar-refractivity contribution in [1.29, 1.82) is 0 Å². The Morgan fingerprint density at radius 2 is 1.93 bits per heavy atom. The Morgan fingerprint density at radius 3 is 2.59 bits per heavy atom. The van der Waals surface area contributed by atoms with E-state index in [1.54, 1.807) is 7.11 Å². The lowest BCUT2D eigenvalue weighted by molar-refractivity contribution is 0.0705. The van der Waals surface area contributed by atoms with Crippen LogP contribution in [0.5, 0.6) is 11.5 Å². The maximum absolute atomic E-state index is 10.2. The zero-order valence-electron chi connectivity index (χ0n) is 18.3. The molecule has 0 aromatic heterocycles. The van der Waals surface area contributed by atoms with E-state index in [1.165, 1.54) is 0 Å². The van der Waals surface area contributed by atoms with Gasteiger partial charge in [-0.3, -0.25) is 0 Å². The number of hydrogen-bond donors (Lipinski definition) is 3. The molecule has 1 aliphatic heterocycles. The number of benzene rings is 1. The van der Waals surface area contributed by atoms with Gasteiger partial charge in [0.1, 0.15) is 12.7 Å². The minimum absolute atomic E-state index is 0.123. The quantitative estimate of drug-likeness (QED) is 0.424. The highest BCUT2D eigenvalue weighted by molar-refractivity contribution is 5.43. The van der Waals surface area contributed by atoms with E-state index >= 15 is 0 Å². The Bertz CT molecular complexity index is 575. The van der Waals surface area contributed by atoms with Gasteiger partial charge >= 0.3 is 0 Å². The van der Waals surface area contributed by atoms with Crippen molar-refractivity contribution in [3.8, 4) is 11.5 Å². The molecule has 166 valence electrons. The summed E-state index contributed by atoms with van der Waals surface area (Å²) in [6.07, 6.45) is 1.09. The zero-order valence-corrected chi connectivity index (χ0v) is 18.3. The van der Waals surface area contributed by atoms with Crippen molar-refractivity contribution >= 4 is 0 Å². The van der Waals surface area contributed by atoms with Crippen LogP contribution in [0.3, 0.4) is 0 Å². The van der Waals surface area contributed by atoms with Crippen LogP contribution in [0.4, 0.5) is 0 Å². The number of ether oxygens (including phenoxy) is 2. The average Bonchev–Trinajstić information content (AvgIpc) is 2.74. The van der Waals surface area contributed by atoms with Crippen molar-refractivity contribution < 1.29 is 19.7 Å². The highest BCUT2D eigenvalue weighted by Gasteiger charge is 2.16. The summed E-state index contributed by atoms with van der Waals surface area (Å²) in [6.45, 7) is 11.4. The molecule has 1 aromatic carbocycles. The summed E-state index contributed by atoms with van der Waals surface area (Å²) in [4.78, 5) is 4.56. The predicted octanol–water partition coefficient (Wildman–Crippen LogP) is 1.32. The van der Waals surface area contributed by atoms with E-state index < -0.39 is 6.10 Å². The molecule has 7 nitrogen and oxygen atoms in total. The fourth-order valence-corrected chi connectivity index (χ4v) is 3.58. The molecule has 1 atom stereocenters. The fourth-order valence-electron chi connectivity index (χ4n) is 3.58. The smallest absolute Gasteiger partial charge is 0.161 e. The van der Waals surface area contributed by atoms with Crippen molar-refractivity contribution in [3.05, 3.63) is 23.8 Å². The van der Waals surface area contributed by atoms with Gasteiger partial charge in [0.05, 0.1) is 13.2 Å². The van der Waals surface area contributed by atoms with Crippen LogP contribution >= 0.6 is 0 Å². The van der Waals surface area contributed by atoms with Gasteiger partial charge in [0, 0.05) is 39.3 Å². The molecule has 3 N–H and O–H groups in total. The molecule has 1 fully saturated rings. The number of hydrogen-bond acceptors (Lipinski definition) is 7. The Balaban J connectivity index is 1.78. The summed E-state index contributed by atoms with van der Waals surface area (Å²) < 4.78 is 11.3. The Labute approximate surface area is 175 Å². The first kappa shape index (κ1) is 23.9. The van der Waals surface area contributed by atoms with Crippen LogP contribution in [0.15, 0.2) is 18.2 Å². The van der Waals surface area contributed by atoms with Gasteiger partial charge < -0.3 is 34.8 Å². The summed E-state index contributed by atoms with van der Waals surface area (Å²) in [5.74, 6) is 1.34. The van der Waals surface area contributed by atoms with Gasteiger partial charge in [-0.05, 0) is 43.6 Å². The molecule has 0 bridgehead atoms. The number of likely N-dealkylation sites (N-methyl/N-ethyl adjacent to an activating group) is 1. The predicted molar refractivity (Wildman–Crippen MR) is 116 cm³/mol. The van der Waals surface area contributed by atoms with E-state index in [2.05, 4.69) is 29.0 Å². The molecule has 2 rings (SSSR count). The SMILES string of the molecule is CCN(CC)C[C@H](O)COc1cc(CNCCN2CCC(O)CC2)ccc1OC. The molecule has 0 unspecified atom stereocenters. The number of likely N-dealkylation sites (tertiary alicyclic amines) is 1. The first-order valence-electron chi connectivity index (χ1n) is 10.9. The number of nitrogens with one attached hydrogen (secondary N) is 1. The highest BCUT2D eigenvalue weighted by Crippen LogP contribution is 2.28. The number of rotatable bonds is 13. The van der Waals surface area contributed by atoms with Gasteiger partial charge in [0.2, 0.25) is 0 Å².